The summed E-state index contributed by atoms with van der Waals surface area (Å²) in [7, 11) is 1.87. The highest BCUT2D eigenvalue weighted by Gasteiger charge is 2.09. The second-order valence-electron chi connectivity index (χ2n) is 4.55. The Morgan fingerprint density at radius 1 is 1.30 bits per heavy atom. The summed E-state index contributed by atoms with van der Waals surface area (Å²) in [4.78, 5) is 17.3. The van der Waals surface area contributed by atoms with Crippen molar-refractivity contribution in [2.45, 2.75) is 26.7 Å². The van der Waals surface area contributed by atoms with Gasteiger partial charge in [0.05, 0.1) is 5.69 Å². The van der Waals surface area contributed by atoms with E-state index in [9.17, 15) is 4.79 Å². The number of rotatable bonds is 5. The van der Waals surface area contributed by atoms with E-state index in [0.717, 1.165) is 28.5 Å². The summed E-state index contributed by atoms with van der Waals surface area (Å²) in [5, 5.41) is 6.86. The molecule has 0 aliphatic carbocycles. The molecular formula is C15H19N3OS. The van der Waals surface area contributed by atoms with E-state index in [1.54, 1.807) is 11.3 Å². The molecule has 0 saturated carbocycles. The Morgan fingerprint density at radius 2 is 2.00 bits per heavy atom. The fourth-order valence-corrected chi connectivity index (χ4v) is 2.72. The molecule has 2 rings (SSSR count). The highest BCUT2D eigenvalue weighted by Crippen LogP contribution is 2.30. The molecule has 106 valence electrons. The predicted molar refractivity (Wildman–Crippen MR) is 85.4 cm³/mol. The molecule has 0 aliphatic rings. The van der Waals surface area contributed by atoms with Gasteiger partial charge in [-0.05, 0) is 25.5 Å². The van der Waals surface area contributed by atoms with Gasteiger partial charge in [0.25, 0.3) is 0 Å². The maximum atomic E-state index is 11.5. The average molecular weight is 289 g/mol. The highest BCUT2D eigenvalue weighted by atomic mass is 32.1. The Kier molecular flexibility index (Phi) is 4.74. The number of carbonyl (C=O) groups excluding carboxylic acids is 1. The minimum Gasteiger partial charge on any atom is -0.365 e. The first kappa shape index (κ1) is 14.5. The third kappa shape index (κ3) is 3.36. The summed E-state index contributed by atoms with van der Waals surface area (Å²) in [6.45, 7) is 4.05. The first-order chi connectivity index (χ1) is 9.63. The van der Waals surface area contributed by atoms with Gasteiger partial charge >= 0.3 is 0 Å². The van der Waals surface area contributed by atoms with Gasteiger partial charge in [-0.25, -0.2) is 4.98 Å². The molecule has 0 aliphatic heterocycles. The zero-order valence-electron chi connectivity index (χ0n) is 12.0. The number of hydrogen-bond donors (Lipinski definition) is 2. The predicted octanol–water partition coefficient (Wildman–Crippen LogP) is 3.90. The van der Waals surface area contributed by atoms with Crippen LogP contribution in [0.3, 0.4) is 0 Å². The lowest BCUT2D eigenvalue weighted by molar-refractivity contribution is -0.116. The van der Waals surface area contributed by atoms with Crippen molar-refractivity contribution in [3.8, 4) is 11.3 Å². The minimum absolute atomic E-state index is 0.0579. The summed E-state index contributed by atoms with van der Waals surface area (Å²) in [6, 6.07) is 7.81. The van der Waals surface area contributed by atoms with E-state index < -0.39 is 0 Å². The molecule has 1 heterocycles. The van der Waals surface area contributed by atoms with Crippen LogP contribution >= 0.6 is 11.3 Å². The average Bonchev–Trinajstić information content (AvgIpc) is 2.81. The number of nitrogens with one attached hydrogen (secondary N) is 2. The van der Waals surface area contributed by atoms with Crippen molar-refractivity contribution in [2.75, 3.05) is 17.7 Å². The minimum atomic E-state index is 0.0579. The third-order valence-corrected chi connectivity index (χ3v) is 3.92. The van der Waals surface area contributed by atoms with Crippen molar-refractivity contribution < 1.29 is 4.79 Å². The maximum Gasteiger partial charge on any atom is 0.224 e. The van der Waals surface area contributed by atoms with Crippen molar-refractivity contribution >= 4 is 28.1 Å². The maximum absolute atomic E-state index is 11.5. The van der Waals surface area contributed by atoms with Crippen LogP contribution in [-0.4, -0.2) is 17.9 Å². The molecule has 1 aromatic carbocycles. The van der Waals surface area contributed by atoms with Crippen LogP contribution < -0.4 is 10.6 Å². The van der Waals surface area contributed by atoms with Crippen molar-refractivity contribution in [3.05, 3.63) is 29.1 Å². The zero-order valence-corrected chi connectivity index (χ0v) is 12.8. The molecule has 0 atom stereocenters. The second kappa shape index (κ2) is 6.52. The molecule has 1 amide bonds. The van der Waals surface area contributed by atoms with E-state index in [4.69, 9.17) is 0 Å². The van der Waals surface area contributed by atoms with Crippen LogP contribution in [0.2, 0.25) is 0 Å². The molecule has 0 radical (unpaired) electrons. The second-order valence-corrected chi connectivity index (χ2v) is 5.75. The van der Waals surface area contributed by atoms with Crippen LogP contribution in [0.25, 0.3) is 11.3 Å². The van der Waals surface area contributed by atoms with Gasteiger partial charge in [0.15, 0.2) is 5.13 Å². The van der Waals surface area contributed by atoms with E-state index in [2.05, 4.69) is 22.5 Å². The summed E-state index contributed by atoms with van der Waals surface area (Å²) < 4.78 is 0. The molecule has 5 heteroatoms. The summed E-state index contributed by atoms with van der Waals surface area (Å²) in [6.07, 6.45) is 1.41. The Bertz CT molecular complexity index is 590. The third-order valence-electron chi connectivity index (χ3n) is 2.93. The Balaban J connectivity index is 2.15. The topological polar surface area (TPSA) is 54.0 Å². The van der Waals surface area contributed by atoms with Gasteiger partial charge in [-0.3, -0.25) is 4.79 Å². The molecule has 0 unspecified atom stereocenters. The fourth-order valence-electron chi connectivity index (χ4n) is 1.93. The van der Waals surface area contributed by atoms with Gasteiger partial charge < -0.3 is 10.6 Å². The molecule has 2 N–H and O–H groups in total. The Morgan fingerprint density at radius 3 is 2.55 bits per heavy atom. The van der Waals surface area contributed by atoms with E-state index in [1.807, 2.05) is 38.2 Å². The summed E-state index contributed by atoms with van der Waals surface area (Å²) in [5.74, 6) is 0.0579. The normalized spacial score (nSPS) is 10.3. The largest absolute Gasteiger partial charge is 0.365 e. The molecule has 0 saturated heterocycles. The van der Waals surface area contributed by atoms with Gasteiger partial charge in [0.1, 0.15) is 0 Å². The number of carbonyl (C=O) groups is 1. The smallest absolute Gasteiger partial charge is 0.224 e. The number of thiazole rings is 1. The van der Waals surface area contributed by atoms with E-state index in [1.165, 1.54) is 4.88 Å². The Labute approximate surface area is 123 Å². The molecule has 20 heavy (non-hydrogen) atoms. The number of amides is 1. The van der Waals surface area contributed by atoms with Crippen LogP contribution in [0.5, 0.6) is 0 Å². The molecule has 2 aromatic rings. The van der Waals surface area contributed by atoms with Crippen molar-refractivity contribution in [2.24, 2.45) is 0 Å². The van der Waals surface area contributed by atoms with Gasteiger partial charge in [-0.2, -0.15) is 0 Å². The number of aryl methyl sites for hydroxylation is 1. The SMILES string of the molecule is CCCC(=O)Nc1ccc(-c2nc(NC)sc2C)cc1. The lowest BCUT2D eigenvalue weighted by Crippen LogP contribution is -2.10. The van der Waals surface area contributed by atoms with Crippen molar-refractivity contribution in [1.29, 1.82) is 0 Å². The molecular weight excluding hydrogens is 270 g/mol. The lowest BCUT2D eigenvalue weighted by Gasteiger charge is -2.05. The highest BCUT2D eigenvalue weighted by molar-refractivity contribution is 7.15. The monoisotopic (exact) mass is 289 g/mol. The van der Waals surface area contributed by atoms with Crippen LogP contribution in [0.15, 0.2) is 24.3 Å². The van der Waals surface area contributed by atoms with E-state index in [0.29, 0.717) is 6.42 Å². The van der Waals surface area contributed by atoms with Crippen molar-refractivity contribution in [3.63, 3.8) is 0 Å². The number of anilines is 2. The van der Waals surface area contributed by atoms with Crippen molar-refractivity contribution in [1.82, 2.24) is 4.98 Å². The number of nitrogens with zero attached hydrogens (tertiary/aromatic N) is 1. The first-order valence-corrected chi connectivity index (χ1v) is 7.51. The van der Waals surface area contributed by atoms with E-state index in [-0.39, 0.29) is 5.91 Å². The van der Waals surface area contributed by atoms with Gasteiger partial charge in [-0.1, -0.05) is 19.1 Å². The Hall–Kier alpha value is -1.88. The van der Waals surface area contributed by atoms with Crippen LogP contribution in [0.1, 0.15) is 24.6 Å². The van der Waals surface area contributed by atoms with Crippen LogP contribution in [0, 0.1) is 6.92 Å². The molecule has 4 nitrogen and oxygen atoms in total. The van der Waals surface area contributed by atoms with E-state index >= 15 is 0 Å². The summed E-state index contributed by atoms with van der Waals surface area (Å²) in [5.41, 5.74) is 2.88. The number of aromatic nitrogens is 1. The molecule has 0 spiro atoms. The first-order valence-electron chi connectivity index (χ1n) is 6.69. The summed E-state index contributed by atoms with van der Waals surface area (Å²) >= 11 is 1.64. The number of benzene rings is 1. The molecule has 1 aromatic heterocycles. The van der Waals surface area contributed by atoms with Gasteiger partial charge in [-0.15, -0.1) is 11.3 Å². The zero-order chi connectivity index (χ0) is 14.5. The standard InChI is InChI=1S/C15H19N3OS/c1-4-5-13(19)17-12-8-6-11(7-9-12)14-10(2)20-15(16-3)18-14/h6-9H,4-5H2,1-3H3,(H,16,18)(H,17,19). The van der Waals surface area contributed by atoms with Gasteiger partial charge in [0.2, 0.25) is 5.91 Å². The number of hydrogen-bond acceptors (Lipinski definition) is 4. The quantitative estimate of drug-likeness (QED) is 0.877. The fraction of sp³-hybridized carbons (Fsp3) is 0.333. The lowest BCUT2D eigenvalue weighted by atomic mass is 10.1. The molecule has 0 fully saturated rings. The molecule has 0 bridgehead atoms. The van der Waals surface area contributed by atoms with Gasteiger partial charge in [0, 0.05) is 29.6 Å². The van der Waals surface area contributed by atoms with Crippen LogP contribution in [0.4, 0.5) is 10.8 Å². The van der Waals surface area contributed by atoms with Crippen LogP contribution in [-0.2, 0) is 4.79 Å².